The van der Waals surface area contributed by atoms with E-state index in [0.29, 0.717) is 17.9 Å². The Morgan fingerprint density at radius 3 is 2.44 bits per heavy atom. The van der Waals surface area contributed by atoms with Gasteiger partial charge < -0.3 is 15.3 Å². The summed E-state index contributed by atoms with van der Waals surface area (Å²) in [5.74, 6) is 0.675. The van der Waals surface area contributed by atoms with Crippen LogP contribution < -0.4 is 15.6 Å². The van der Waals surface area contributed by atoms with Gasteiger partial charge in [0, 0.05) is 24.8 Å². The summed E-state index contributed by atoms with van der Waals surface area (Å²) in [7, 11) is 0. The van der Waals surface area contributed by atoms with Crippen LogP contribution in [0, 0.1) is 40.0 Å². The number of rotatable bonds is 8. The van der Waals surface area contributed by atoms with Crippen molar-refractivity contribution in [1.82, 2.24) is 15.0 Å². The number of hydrazone groups is 1. The molecule has 0 amide bonds. The Morgan fingerprint density at radius 2 is 1.77 bits per heavy atom. The highest BCUT2D eigenvalue weighted by Gasteiger charge is 2.23. The van der Waals surface area contributed by atoms with E-state index in [1.807, 2.05) is 32.0 Å². The highest BCUT2D eigenvalue weighted by Crippen LogP contribution is 2.33. The number of benzene rings is 2. The molecule has 4 rings (SSSR count). The van der Waals surface area contributed by atoms with Gasteiger partial charge in [0.2, 0.25) is 23.6 Å². The van der Waals surface area contributed by atoms with Crippen LogP contribution in [0.25, 0.3) is 0 Å². The summed E-state index contributed by atoms with van der Waals surface area (Å²) in [6.45, 7) is 7.75. The fourth-order valence-electron chi connectivity index (χ4n) is 3.96. The Balaban J connectivity index is 0.00000420. The summed E-state index contributed by atoms with van der Waals surface area (Å²) < 4.78 is 0. The third-order valence-corrected chi connectivity index (χ3v) is 6.42. The van der Waals surface area contributed by atoms with Crippen LogP contribution in [0.1, 0.15) is 36.5 Å². The molecule has 0 radical (unpaired) electrons. The van der Waals surface area contributed by atoms with E-state index in [1.165, 1.54) is 0 Å². The molecule has 0 saturated carbocycles. The molecule has 0 bridgehead atoms. The zero-order chi connectivity index (χ0) is 27.4. The predicted octanol–water partition coefficient (Wildman–Crippen LogP) is 4.86. The van der Waals surface area contributed by atoms with Crippen molar-refractivity contribution in [1.29, 1.82) is 0 Å². The normalized spacial score (nSPS) is 13.7. The molecule has 2 aromatic carbocycles. The lowest BCUT2D eigenvalue weighted by Crippen LogP contribution is -2.34. The highest BCUT2D eigenvalue weighted by molar-refractivity contribution is 5.87. The number of phenolic OH excluding ortho intramolecular Hbond substituents is 1. The maximum Gasteiger partial charge on any atom is 0.318 e. The van der Waals surface area contributed by atoms with Gasteiger partial charge in [-0.1, -0.05) is 19.1 Å². The van der Waals surface area contributed by atoms with E-state index in [4.69, 9.17) is 0 Å². The molecule has 3 N–H and O–H groups in total. The van der Waals surface area contributed by atoms with Gasteiger partial charge in [-0.3, -0.25) is 20.2 Å². The number of phenols is 1. The van der Waals surface area contributed by atoms with Gasteiger partial charge in [-0.25, -0.2) is 5.43 Å². The van der Waals surface area contributed by atoms with Crippen LogP contribution in [0.15, 0.2) is 35.4 Å². The molecule has 15 heteroatoms. The van der Waals surface area contributed by atoms with Gasteiger partial charge >= 0.3 is 5.69 Å². The maximum atomic E-state index is 11.2. The zero-order valence-electron chi connectivity index (χ0n) is 21.5. The number of nitro groups is 2. The van der Waals surface area contributed by atoms with E-state index in [2.05, 4.69) is 42.6 Å². The van der Waals surface area contributed by atoms with E-state index in [9.17, 15) is 25.3 Å². The van der Waals surface area contributed by atoms with E-state index < -0.39 is 27.0 Å². The summed E-state index contributed by atoms with van der Waals surface area (Å²) in [5.41, 5.74) is 4.04. The molecule has 2 heterocycles. The van der Waals surface area contributed by atoms with Gasteiger partial charge in [-0.2, -0.15) is 20.1 Å². The quantitative estimate of drug-likeness (QED) is 0.195. The van der Waals surface area contributed by atoms with Crippen LogP contribution in [0.3, 0.4) is 0 Å². The van der Waals surface area contributed by atoms with Crippen LogP contribution in [0.2, 0.25) is 0 Å². The molecule has 3 aromatic rings. The summed E-state index contributed by atoms with van der Waals surface area (Å²) in [6, 6.07) is 7.51. The molecule has 0 aliphatic carbocycles. The van der Waals surface area contributed by atoms with Crippen LogP contribution >= 0.6 is 12.4 Å². The number of nitrogens with one attached hydrogen (secondary N) is 2. The molecule has 0 unspecified atom stereocenters. The molecular formula is C24H28ClN9O5. The smallest absolute Gasteiger partial charge is 0.318 e. The zero-order valence-corrected chi connectivity index (χ0v) is 22.3. The number of non-ortho nitro benzene ring substituents is 1. The molecule has 1 aliphatic heterocycles. The lowest BCUT2D eigenvalue weighted by atomic mass is 10.00. The minimum atomic E-state index is -0.907. The number of piperidine rings is 1. The third-order valence-electron chi connectivity index (χ3n) is 6.42. The Kier molecular flexibility index (Phi) is 9.14. The monoisotopic (exact) mass is 557 g/mol. The van der Waals surface area contributed by atoms with E-state index in [1.54, 1.807) is 0 Å². The second kappa shape index (κ2) is 12.3. The molecule has 0 atom stereocenters. The van der Waals surface area contributed by atoms with E-state index in [-0.39, 0.29) is 29.9 Å². The summed E-state index contributed by atoms with van der Waals surface area (Å²) in [5, 5.41) is 39.8. The fourth-order valence-corrected chi connectivity index (χ4v) is 3.96. The van der Waals surface area contributed by atoms with Gasteiger partial charge in [0.15, 0.2) is 0 Å². The van der Waals surface area contributed by atoms with Crippen LogP contribution in [-0.4, -0.2) is 49.2 Å². The second-order valence-corrected chi connectivity index (χ2v) is 9.11. The Morgan fingerprint density at radius 1 is 1.08 bits per heavy atom. The second-order valence-electron chi connectivity index (χ2n) is 9.11. The molecule has 39 heavy (non-hydrogen) atoms. The Labute approximate surface area is 229 Å². The Hall–Kier alpha value is -4.59. The van der Waals surface area contributed by atoms with Crippen LogP contribution in [-0.2, 0) is 0 Å². The number of aromatic nitrogens is 3. The van der Waals surface area contributed by atoms with Crippen LogP contribution in [0.5, 0.6) is 5.75 Å². The van der Waals surface area contributed by atoms with E-state index >= 15 is 0 Å². The number of hydrogen-bond donors (Lipinski definition) is 3. The molecule has 206 valence electrons. The molecule has 1 aliphatic rings. The van der Waals surface area contributed by atoms with Crippen molar-refractivity contribution in [3.05, 3.63) is 67.3 Å². The maximum absolute atomic E-state index is 11.2. The lowest BCUT2D eigenvalue weighted by Gasteiger charge is -2.30. The van der Waals surface area contributed by atoms with Crippen molar-refractivity contribution in [2.45, 2.75) is 33.6 Å². The van der Waals surface area contributed by atoms with Gasteiger partial charge in [0.05, 0.1) is 27.7 Å². The number of hydrogen-bond acceptors (Lipinski definition) is 12. The fraction of sp³-hybridized carbons (Fsp3) is 0.333. The number of aryl methyl sites for hydroxylation is 1. The molecule has 1 fully saturated rings. The van der Waals surface area contributed by atoms with Gasteiger partial charge in [0.1, 0.15) is 0 Å². The first-order chi connectivity index (χ1) is 18.1. The molecule has 0 spiro atoms. The van der Waals surface area contributed by atoms with Gasteiger partial charge in [-0.05, 0) is 49.8 Å². The van der Waals surface area contributed by atoms with Gasteiger partial charge in [-0.15, -0.1) is 12.4 Å². The number of nitro benzene ring substituents is 2. The predicted molar refractivity (Wildman–Crippen MR) is 150 cm³/mol. The average molecular weight is 558 g/mol. The third kappa shape index (κ3) is 6.84. The number of aromatic hydroxyl groups is 1. The van der Waals surface area contributed by atoms with Crippen molar-refractivity contribution >= 4 is 53.5 Å². The molecular weight excluding hydrogens is 530 g/mol. The van der Waals surface area contributed by atoms with Crippen molar-refractivity contribution in [2.75, 3.05) is 28.7 Å². The van der Waals surface area contributed by atoms with E-state index in [0.717, 1.165) is 55.0 Å². The summed E-state index contributed by atoms with van der Waals surface area (Å²) in [6.07, 6.45) is 3.02. The average Bonchev–Trinajstić information content (AvgIpc) is 2.88. The first-order valence-electron chi connectivity index (χ1n) is 11.9. The minimum absolute atomic E-state index is 0. The topological polar surface area (TPSA) is 185 Å². The molecule has 1 saturated heterocycles. The summed E-state index contributed by atoms with van der Waals surface area (Å²) in [4.78, 5) is 36.2. The van der Waals surface area contributed by atoms with Crippen molar-refractivity contribution in [3.63, 3.8) is 0 Å². The Bertz CT molecular complexity index is 1410. The largest absolute Gasteiger partial charge is 0.502 e. The highest BCUT2D eigenvalue weighted by atomic mass is 35.5. The van der Waals surface area contributed by atoms with Crippen molar-refractivity contribution < 1.29 is 15.0 Å². The number of nitrogens with zero attached hydrogens (tertiary/aromatic N) is 7. The van der Waals surface area contributed by atoms with Gasteiger partial charge in [0.25, 0.3) is 5.69 Å². The van der Waals surface area contributed by atoms with Crippen molar-refractivity contribution in [2.24, 2.45) is 11.0 Å². The van der Waals surface area contributed by atoms with Crippen LogP contribution in [0.4, 0.5) is 34.9 Å². The molecule has 14 nitrogen and oxygen atoms in total. The first kappa shape index (κ1) is 29.0. The minimum Gasteiger partial charge on any atom is -0.502 e. The standard InChI is InChI=1S/C24H27N9O5.ClH/c1-14-7-9-31(10-8-14)24-28-22(26-19-6-4-5-15(2)16(19)3)27-23(29-24)30-25-13-17-11-18(32(35)36)12-20(21(17)34)33(37)38;/h4-6,11-14,34H,7-10H2,1-3H3,(H2,26,27,28,29,30);1H. The SMILES string of the molecule is Cc1cccc(Nc2nc(NN=Cc3cc([N+](=O)[O-])cc([N+](=O)[O-])c3O)nc(N3CCC(C)CC3)n2)c1C.Cl. The number of anilines is 4. The van der Waals surface area contributed by atoms with Crippen molar-refractivity contribution in [3.8, 4) is 5.75 Å². The molecule has 1 aromatic heterocycles. The first-order valence-corrected chi connectivity index (χ1v) is 11.9. The number of halogens is 1. The summed E-state index contributed by atoms with van der Waals surface area (Å²) >= 11 is 0. The lowest BCUT2D eigenvalue weighted by molar-refractivity contribution is -0.394.